The van der Waals surface area contributed by atoms with E-state index >= 15 is 0 Å². The highest BCUT2D eigenvalue weighted by atomic mass is 35.5. The van der Waals surface area contributed by atoms with Gasteiger partial charge in [0.25, 0.3) is 5.91 Å². The molecule has 0 atom stereocenters. The highest BCUT2D eigenvalue weighted by Gasteiger charge is 2.20. The summed E-state index contributed by atoms with van der Waals surface area (Å²) in [6.07, 6.45) is 0. The molecule has 30 heavy (non-hydrogen) atoms. The first kappa shape index (κ1) is 19.2. The average Bonchev–Trinajstić information content (AvgIpc) is 3.38. The van der Waals surface area contributed by atoms with E-state index < -0.39 is 0 Å². The van der Waals surface area contributed by atoms with Crippen LogP contribution in [-0.4, -0.2) is 20.7 Å². The van der Waals surface area contributed by atoms with E-state index in [-0.39, 0.29) is 5.91 Å². The van der Waals surface area contributed by atoms with Gasteiger partial charge in [-0.15, -0.1) is 11.3 Å². The van der Waals surface area contributed by atoms with Gasteiger partial charge < -0.3 is 5.32 Å². The van der Waals surface area contributed by atoms with Gasteiger partial charge in [0.15, 0.2) is 0 Å². The molecule has 0 radical (unpaired) electrons. The molecule has 1 N–H and O–H groups in total. The van der Waals surface area contributed by atoms with E-state index in [0.29, 0.717) is 20.8 Å². The van der Waals surface area contributed by atoms with Gasteiger partial charge in [0.1, 0.15) is 10.7 Å². The molecular formula is C22H17ClN4OS2. The molecule has 5 aromatic rings. The van der Waals surface area contributed by atoms with Crippen molar-refractivity contribution in [3.63, 3.8) is 0 Å². The molecule has 0 saturated carbocycles. The Kier molecular flexibility index (Phi) is 4.61. The van der Waals surface area contributed by atoms with Gasteiger partial charge in [-0.25, -0.2) is 4.98 Å². The minimum Gasteiger partial charge on any atom is -0.306 e. The monoisotopic (exact) mass is 452 g/mol. The molecule has 0 saturated heterocycles. The number of amides is 1. The Bertz CT molecular complexity index is 1410. The molecule has 0 aliphatic heterocycles. The molecule has 0 spiro atoms. The second-order valence-electron chi connectivity index (χ2n) is 7.18. The lowest BCUT2D eigenvalue weighted by Crippen LogP contribution is -2.14. The number of benzene rings is 2. The third-order valence-electron chi connectivity index (χ3n) is 4.99. The maximum absolute atomic E-state index is 13.0. The molecule has 5 rings (SSSR count). The first-order valence-electron chi connectivity index (χ1n) is 9.34. The first-order valence-corrected chi connectivity index (χ1v) is 11.3. The Morgan fingerprint density at radius 1 is 1.03 bits per heavy atom. The van der Waals surface area contributed by atoms with Crippen LogP contribution < -0.4 is 5.32 Å². The van der Waals surface area contributed by atoms with Gasteiger partial charge in [-0.05, 0) is 50.1 Å². The first-order chi connectivity index (χ1) is 14.4. The summed E-state index contributed by atoms with van der Waals surface area (Å²) < 4.78 is 3.75. The zero-order valence-electron chi connectivity index (χ0n) is 16.5. The molecule has 5 nitrogen and oxygen atoms in total. The Labute approximate surface area is 185 Å². The molecule has 1 amide bonds. The maximum Gasteiger partial charge on any atom is 0.268 e. The van der Waals surface area contributed by atoms with E-state index in [9.17, 15) is 4.79 Å². The zero-order valence-corrected chi connectivity index (χ0v) is 18.9. The molecule has 0 unspecified atom stereocenters. The number of thiophene rings is 1. The van der Waals surface area contributed by atoms with E-state index in [4.69, 9.17) is 16.6 Å². The van der Waals surface area contributed by atoms with Gasteiger partial charge in [-0.2, -0.15) is 9.78 Å². The van der Waals surface area contributed by atoms with Gasteiger partial charge in [0.2, 0.25) is 5.13 Å². The predicted molar refractivity (Wildman–Crippen MR) is 126 cm³/mol. The highest BCUT2D eigenvalue weighted by molar-refractivity contribution is 7.21. The highest BCUT2D eigenvalue weighted by Crippen LogP contribution is 2.36. The molecule has 8 heteroatoms. The predicted octanol–water partition coefficient (Wildman–Crippen LogP) is 6.53. The number of carbonyl (C=O) groups is 1. The second-order valence-corrected chi connectivity index (χ2v) is 9.62. The smallest absolute Gasteiger partial charge is 0.268 e. The van der Waals surface area contributed by atoms with Crippen LogP contribution in [0.25, 0.3) is 25.4 Å². The van der Waals surface area contributed by atoms with Crippen LogP contribution in [0.15, 0.2) is 42.5 Å². The third-order valence-corrected chi connectivity index (χ3v) is 7.66. The molecule has 2 aromatic carbocycles. The molecule has 0 bridgehead atoms. The van der Waals surface area contributed by atoms with E-state index in [2.05, 4.69) is 36.4 Å². The quantitative estimate of drug-likeness (QED) is 0.338. The van der Waals surface area contributed by atoms with Crippen LogP contribution in [-0.2, 0) is 0 Å². The molecule has 0 fully saturated rings. The number of rotatable bonds is 3. The van der Waals surface area contributed by atoms with Gasteiger partial charge >= 0.3 is 0 Å². The fourth-order valence-electron chi connectivity index (χ4n) is 3.33. The second kappa shape index (κ2) is 7.19. The summed E-state index contributed by atoms with van der Waals surface area (Å²) in [6, 6.07) is 13.8. The van der Waals surface area contributed by atoms with Gasteiger partial charge in [0, 0.05) is 16.2 Å². The minimum atomic E-state index is -0.254. The van der Waals surface area contributed by atoms with E-state index in [1.807, 2.05) is 37.3 Å². The number of aryl methyl sites for hydroxylation is 3. The van der Waals surface area contributed by atoms with Crippen molar-refractivity contribution in [2.24, 2.45) is 0 Å². The number of fused-ring (bicyclic) bond motifs is 2. The fourth-order valence-corrected chi connectivity index (χ4v) is 5.75. The Morgan fingerprint density at radius 2 is 1.80 bits per heavy atom. The molecule has 0 aliphatic carbocycles. The summed E-state index contributed by atoms with van der Waals surface area (Å²) in [4.78, 5) is 18.2. The van der Waals surface area contributed by atoms with Crippen LogP contribution in [0.3, 0.4) is 0 Å². The Morgan fingerprint density at radius 3 is 2.60 bits per heavy atom. The van der Waals surface area contributed by atoms with E-state index in [1.165, 1.54) is 22.5 Å². The van der Waals surface area contributed by atoms with Crippen LogP contribution >= 0.6 is 34.3 Å². The van der Waals surface area contributed by atoms with Crippen molar-refractivity contribution in [1.29, 1.82) is 0 Å². The number of thiazole rings is 1. The number of carbonyl (C=O) groups excluding carboxylic acids is 1. The van der Waals surface area contributed by atoms with Crippen LogP contribution in [0.4, 0.5) is 5.82 Å². The average molecular weight is 453 g/mol. The van der Waals surface area contributed by atoms with Crippen LogP contribution in [0, 0.1) is 20.8 Å². The molecule has 3 heterocycles. The standard InChI is InChI=1S/C22H17ClN4OS2/c1-11-8-15-17(9-12(11)2)30-22(24-15)27-18(10-13(3)26-27)25-21(28)20-19(23)14-6-4-5-7-16(14)29-20/h4-10H,1-3H3,(H,25,28). The third kappa shape index (κ3) is 3.19. The van der Waals surface area contributed by atoms with Gasteiger partial charge in [-0.3, -0.25) is 4.79 Å². The van der Waals surface area contributed by atoms with Crippen molar-refractivity contribution in [3.05, 3.63) is 69.2 Å². The lowest BCUT2D eigenvalue weighted by Gasteiger charge is -2.05. The van der Waals surface area contributed by atoms with Crippen LogP contribution in [0.2, 0.25) is 5.02 Å². The van der Waals surface area contributed by atoms with Crippen molar-refractivity contribution in [3.8, 4) is 5.13 Å². The summed E-state index contributed by atoms with van der Waals surface area (Å²) in [7, 11) is 0. The number of nitrogens with one attached hydrogen (secondary N) is 1. The largest absolute Gasteiger partial charge is 0.306 e. The lowest BCUT2D eigenvalue weighted by molar-refractivity contribution is 0.103. The van der Waals surface area contributed by atoms with Crippen molar-refractivity contribution in [2.45, 2.75) is 20.8 Å². The minimum absolute atomic E-state index is 0.254. The van der Waals surface area contributed by atoms with Crippen molar-refractivity contribution in [2.75, 3.05) is 5.32 Å². The van der Waals surface area contributed by atoms with Crippen molar-refractivity contribution in [1.82, 2.24) is 14.8 Å². The van der Waals surface area contributed by atoms with Gasteiger partial charge in [-0.1, -0.05) is 41.1 Å². The summed E-state index contributed by atoms with van der Waals surface area (Å²) in [5.41, 5.74) is 4.14. The number of hydrogen-bond acceptors (Lipinski definition) is 5. The van der Waals surface area contributed by atoms with Crippen LogP contribution in [0.1, 0.15) is 26.5 Å². The maximum atomic E-state index is 13.0. The molecule has 3 aromatic heterocycles. The number of anilines is 1. The number of halogens is 1. The lowest BCUT2D eigenvalue weighted by atomic mass is 10.1. The Balaban J connectivity index is 1.53. The van der Waals surface area contributed by atoms with E-state index in [1.54, 1.807) is 16.0 Å². The Hall–Kier alpha value is -2.74. The number of hydrogen-bond donors (Lipinski definition) is 1. The van der Waals surface area contributed by atoms with Crippen molar-refractivity contribution >= 4 is 66.3 Å². The summed E-state index contributed by atoms with van der Waals surface area (Å²) in [5, 5.41) is 9.59. The van der Waals surface area contributed by atoms with Crippen molar-refractivity contribution < 1.29 is 4.79 Å². The molecular weight excluding hydrogens is 436 g/mol. The zero-order chi connectivity index (χ0) is 21.0. The van der Waals surface area contributed by atoms with E-state index in [0.717, 1.165) is 26.0 Å². The number of aromatic nitrogens is 3. The molecule has 0 aliphatic rings. The molecule has 150 valence electrons. The SMILES string of the molecule is Cc1cc(NC(=O)c2sc3ccccc3c2Cl)n(-c2nc3cc(C)c(C)cc3s2)n1. The van der Waals surface area contributed by atoms with Gasteiger partial charge in [0.05, 0.1) is 20.9 Å². The fraction of sp³-hybridized carbons (Fsp3) is 0.136. The summed E-state index contributed by atoms with van der Waals surface area (Å²) >= 11 is 9.41. The van der Waals surface area contributed by atoms with Crippen LogP contribution in [0.5, 0.6) is 0 Å². The number of nitrogens with zero attached hydrogens (tertiary/aromatic N) is 3. The normalized spacial score (nSPS) is 11.5. The summed E-state index contributed by atoms with van der Waals surface area (Å²) in [5.74, 6) is 0.314. The topological polar surface area (TPSA) is 59.8 Å². The summed E-state index contributed by atoms with van der Waals surface area (Å²) in [6.45, 7) is 6.05.